The molecule has 1 aliphatic heterocycles. The zero-order valence-corrected chi connectivity index (χ0v) is 10.3. The van der Waals surface area contributed by atoms with E-state index in [4.69, 9.17) is 5.73 Å². The molecule has 0 spiro atoms. The Bertz CT molecular complexity index is 433. The quantitative estimate of drug-likeness (QED) is 0.848. The highest BCUT2D eigenvalue weighted by Crippen LogP contribution is 2.43. The van der Waals surface area contributed by atoms with Crippen LogP contribution in [0.1, 0.15) is 17.4 Å². The van der Waals surface area contributed by atoms with Gasteiger partial charge in [0.1, 0.15) is 5.82 Å². The molecule has 0 radical (unpaired) electrons. The largest absolute Gasteiger partial charge is 0.329 e. The van der Waals surface area contributed by atoms with Crippen LogP contribution in [-0.2, 0) is 0 Å². The summed E-state index contributed by atoms with van der Waals surface area (Å²) in [6.07, 6.45) is 2.85. The molecule has 2 N–H and O–H groups in total. The fraction of sp³-hybridized carbons (Fsp3) is 0.636. The summed E-state index contributed by atoms with van der Waals surface area (Å²) in [5.41, 5.74) is 5.97. The third-order valence-electron chi connectivity index (χ3n) is 3.19. The first-order valence-corrected chi connectivity index (χ1v) is 5.75. The van der Waals surface area contributed by atoms with Crippen molar-refractivity contribution in [2.24, 2.45) is 5.73 Å². The minimum Gasteiger partial charge on any atom is -0.329 e. The van der Waals surface area contributed by atoms with E-state index in [1.165, 1.54) is 12.4 Å². The van der Waals surface area contributed by atoms with E-state index in [2.05, 4.69) is 9.97 Å². The van der Waals surface area contributed by atoms with Gasteiger partial charge in [-0.05, 0) is 6.92 Å². The van der Waals surface area contributed by atoms with E-state index in [1.54, 1.807) is 6.92 Å². The molecule has 19 heavy (non-hydrogen) atoms. The molecule has 1 aliphatic rings. The summed E-state index contributed by atoms with van der Waals surface area (Å²) in [7, 11) is 0. The van der Waals surface area contributed by atoms with Crippen LogP contribution in [0, 0.1) is 6.92 Å². The maximum absolute atomic E-state index is 13.2. The minimum absolute atomic E-state index is 0.0570. The third kappa shape index (κ3) is 2.55. The van der Waals surface area contributed by atoms with E-state index >= 15 is 0 Å². The van der Waals surface area contributed by atoms with E-state index in [0.717, 1.165) is 4.90 Å². The van der Waals surface area contributed by atoms with Crippen molar-refractivity contribution in [1.29, 1.82) is 0 Å². The number of halogens is 4. The van der Waals surface area contributed by atoms with Crippen LogP contribution in [0.4, 0.5) is 17.6 Å². The predicted molar refractivity (Wildman–Crippen MR) is 60.0 cm³/mol. The lowest BCUT2D eigenvalue weighted by molar-refractivity contribution is -0.172. The first-order chi connectivity index (χ1) is 8.77. The van der Waals surface area contributed by atoms with Crippen LogP contribution in [0.3, 0.4) is 0 Å². The molecule has 2 heterocycles. The van der Waals surface area contributed by atoms with E-state index in [1.807, 2.05) is 0 Å². The van der Waals surface area contributed by atoms with Crippen molar-refractivity contribution in [2.75, 3.05) is 19.6 Å². The molecule has 106 valence electrons. The van der Waals surface area contributed by atoms with E-state index in [0.29, 0.717) is 11.4 Å². The normalized spacial score (nSPS) is 23.5. The Labute approximate surface area is 107 Å². The topological polar surface area (TPSA) is 55.0 Å². The number of nitrogens with zero attached hydrogens (tertiary/aromatic N) is 3. The number of likely N-dealkylation sites (tertiary alicyclic amines) is 1. The molecular weight excluding hydrogens is 264 g/mol. The van der Waals surface area contributed by atoms with Gasteiger partial charge in [0.05, 0.1) is 19.1 Å². The zero-order valence-electron chi connectivity index (χ0n) is 10.3. The van der Waals surface area contributed by atoms with Gasteiger partial charge in [-0.25, -0.2) is 9.97 Å². The van der Waals surface area contributed by atoms with Gasteiger partial charge in [-0.15, -0.1) is 0 Å². The van der Waals surface area contributed by atoms with Crippen LogP contribution >= 0.6 is 0 Å². The maximum atomic E-state index is 13.2. The SMILES string of the molecule is Cc1ncc(C(CN)N2CC(F)(F)C(F)(F)C2)cn1. The fourth-order valence-electron chi connectivity index (χ4n) is 2.09. The standard InChI is InChI=1S/C11H14F4N4/c1-7-17-3-8(4-18-7)9(2-16)19-5-10(12,13)11(14,15)6-19/h3-4,9H,2,5-6,16H2,1H3. The molecule has 1 aromatic heterocycles. The fourth-order valence-corrected chi connectivity index (χ4v) is 2.09. The molecular formula is C11H14F4N4. The Morgan fingerprint density at radius 2 is 1.68 bits per heavy atom. The van der Waals surface area contributed by atoms with Crippen LogP contribution in [0.25, 0.3) is 0 Å². The summed E-state index contributed by atoms with van der Waals surface area (Å²) in [6.45, 7) is -0.427. The van der Waals surface area contributed by atoms with Crippen molar-refractivity contribution in [3.8, 4) is 0 Å². The molecule has 1 atom stereocenters. The first kappa shape index (κ1) is 14.1. The van der Waals surface area contributed by atoms with Crippen molar-refractivity contribution in [3.63, 3.8) is 0 Å². The van der Waals surface area contributed by atoms with Crippen molar-refractivity contribution >= 4 is 0 Å². The van der Waals surface area contributed by atoms with E-state index < -0.39 is 31.0 Å². The summed E-state index contributed by atoms with van der Waals surface area (Å²) in [5, 5.41) is 0. The Morgan fingerprint density at radius 3 is 2.11 bits per heavy atom. The number of hydrogen-bond acceptors (Lipinski definition) is 4. The molecule has 1 fully saturated rings. The van der Waals surface area contributed by atoms with E-state index in [-0.39, 0.29) is 6.54 Å². The second-order valence-corrected chi connectivity index (χ2v) is 4.63. The van der Waals surface area contributed by atoms with Gasteiger partial charge in [0.25, 0.3) is 0 Å². The number of hydrogen-bond donors (Lipinski definition) is 1. The van der Waals surface area contributed by atoms with Crippen molar-refractivity contribution in [2.45, 2.75) is 24.8 Å². The maximum Gasteiger partial charge on any atom is 0.323 e. The van der Waals surface area contributed by atoms with Gasteiger partial charge >= 0.3 is 11.8 Å². The lowest BCUT2D eigenvalue weighted by atomic mass is 10.1. The molecule has 8 heteroatoms. The van der Waals surface area contributed by atoms with Crippen LogP contribution < -0.4 is 5.73 Å². The number of aryl methyl sites for hydroxylation is 1. The zero-order chi connectivity index (χ0) is 14.3. The van der Waals surface area contributed by atoms with Crippen molar-refractivity contribution in [3.05, 3.63) is 23.8 Å². The molecule has 0 aromatic carbocycles. The molecule has 1 aromatic rings. The highest BCUT2D eigenvalue weighted by molar-refractivity contribution is 5.14. The monoisotopic (exact) mass is 278 g/mol. The van der Waals surface area contributed by atoms with Gasteiger partial charge in [0.15, 0.2) is 0 Å². The number of rotatable bonds is 3. The Kier molecular flexibility index (Phi) is 3.48. The number of nitrogens with two attached hydrogens (primary N) is 1. The molecule has 1 saturated heterocycles. The van der Waals surface area contributed by atoms with Crippen molar-refractivity contribution < 1.29 is 17.6 Å². The van der Waals surface area contributed by atoms with Gasteiger partial charge in [-0.2, -0.15) is 17.6 Å². The summed E-state index contributed by atoms with van der Waals surface area (Å²) >= 11 is 0. The van der Waals surface area contributed by atoms with Gasteiger partial charge in [0, 0.05) is 24.5 Å². The number of aromatic nitrogens is 2. The lowest BCUT2D eigenvalue weighted by Gasteiger charge is -2.25. The Morgan fingerprint density at radius 1 is 1.21 bits per heavy atom. The highest BCUT2D eigenvalue weighted by Gasteiger charge is 2.63. The molecule has 1 unspecified atom stereocenters. The second kappa shape index (κ2) is 4.68. The summed E-state index contributed by atoms with van der Waals surface area (Å²) in [4.78, 5) is 8.83. The van der Waals surface area contributed by atoms with Gasteiger partial charge in [0.2, 0.25) is 0 Å². The first-order valence-electron chi connectivity index (χ1n) is 5.75. The summed E-state index contributed by atoms with van der Waals surface area (Å²) < 4.78 is 52.7. The van der Waals surface area contributed by atoms with Crippen LogP contribution in [0.5, 0.6) is 0 Å². The Balaban J connectivity index is 2.23. The molecule has 0 amide bonds. The van der Waals surface area contributed by atoms with Crippen LogP contribution in [0.2, 0.25) is 0 Å². The third-order valence-corrected chi connectivity index (χ3v) is 3.19. The second-order valence-electron chi connectivity index (χ2n) is 4.63. The smallest absolute Gasteiger partial charge is 0.323 e. The van der Waals surface area contributed by atoms with E-state index in [9.17, 15) is 17.6 Å². The average molecular weight is 278 g/mol. The highest BCUT2D eigenvalue weighted by atomic mass is 19.3. The molecule has 0 aliphatic carbocycles. The molecule has 2 rings (SSSR count). The Hall–Kier alpha value is -1.28. The van der Waals surface area contributed by atoms with Crippen LogP contribution in [0.15, 0.2) is 12.4 Å². The molecule has 4 nitrogen and oxygen atoms in total. The van der Waals surface area contributed by atoms with Crippen molar-refractivity contribution in [1.82, 2.24) is 14.9 Å². The summed E-state index contributed by atoms with van der Waals surface area (Å²) in [6, 6.07) is -0.736. The number of alkyl halides is 4. The average Bonchev–Trinajstić information content (AvgIpc) is 2.51. The van der Waals surface area contributed by atoms with Gasteiger partial charge in [-0.1, -0.05) is 0 Å². The predicted octanol–water partition coefficient (Wildman–Crippen LogP) is 1.37. The molecule has 0 bridgehead atoms. The lowest BCUT2D eigenvalue weighted by Crippen LogP contribution is -2.38. The summed E-state index contributed by atoms with van der Waals surface area (Å²) in [5.74, 6) is -7.56. The van der Waals surface area contributed by atoms with Gasteiger partial charge in [-0.3, -0.25) is 4.90 Å². The van der Waals surface area contributed by atoms with Gasteiger partial charge < -0.3 is 5.73 Å². The van der Waals surface area contributed by atoms with Crippen LogP contribution in [-0.4, -0.2) is 46.3 Å². The minimum atomic E-state index is -4.04. The molecule has 0 saturated carbocycles.